The number of aromatic nitrogens is 1. The van der Waals surface area contributed by atoms with Crippen molar-refractivity contribution >= 4 is 21.8 Å². The maximum Gasteiger partial charge on any atom is 0.274 e. The second-order valence-corrected chi connectivity index (χ2v) is 5.76. The Balaban J connectivity index is 1.90. The number of likely N-dealkylation sites (tertiary alicyclic amines) is 1. The van der Waals surface area contributed by atoms with E-state index in [4.69, 9.17) is 0 Å². The molecular formula is C16H15BrN2O. The van der Waals surface area contributed by atoms with E-state index in [2.05, 4.69) is 33.0 Å². The van der Waals surface area contributed by atoms with Gasteiger partial charge in [-0.25, -0.2) is 4.98 Å². The van der Waals surface area contributed by atoms with Crippen molar-refractivity contribution in [2.24, 2.45) is 0 Å². The number of nitrogens with zero attached hydrogens (tertiary/aromatic N) is 2. The highest BCUT2D eigenvalue weighted by Crippen LogP contribution is 2.33. The second-order valence-electron chi connectivity index (χ2n) is 4.90. The first-order valence-electron chi connectivity index (χ1n) is 6.74. The van der Waals surface area contributed by atoms with Gasteiger partial charge in [-0.2, -0.15) is 0 Å². The highest BCUT2D eigenvalue weighted by atomic mass is 79.9. The standard InChI is InChI=1S/C16H15BrN2O/c17-13-8-4-10-18-15(13)16(20)19-11-5-9-14(19)12-6-2-1-3-7-12/h1-4,6-8,10,14H,5,9,11H2. The number of amides is 1. The van der Waals surface area contributed by atoms with Gasteiger partial charge >= 0.3 is 0 Å². The predicted molar refractivity (Wildman–Crippen MR) is 81.4 cm³/mol. The van der Waals surface area contributed by atoms with Crippen LogP contribution in [0.2, 0.25) is 0 Å². The van der Waals surface area contributed by atoms with Crippen LogP contribution in [0.5, 0.6) is 0 Å². The van der Waals surface area contributed by atoms with Gasteiger partial charge in [0.2, 0.25) is 0 Å². The van der Waals surface area contributed by atoms with Crippen molar-refractivity contribution in [1.82, 2.24) is 9.88 Å². The third-order valence-electron chi connectivity index (χ3n) is 3.66. The molecule has 0 spiro atoms. The van der Waals surface area contributed by atoms with Crippen LogP contribution in [-0.2, 0) is 0 Å². The first-order valence-corrected chi connectivity index (χ1v) is 7.53. The SMILES string of the molecule is O=C(c1ncccc1Br)N1CCCC1c1ccccc1. The lowest BCUT2D eigenvalue weighted by Crippen LogP contribution is -2.31. The van der Waals surface area contributed by atoms with Crippen molar-refractivity contribution < 1.29 is 4.79 Å². The molecule has 3 nitrogen and oxygen atoms in total. The van der Waals surface area contributed by atoms with Gasteiger partial charge in [0.15, 0.2) is 0 Å². The maximum absolute atomic E-state index is 12.7. The number of carbonyl (C=O) groups excluding carboxylic acids is 1. The lowest BCUT2D eigenvalue weighted by molar-refractivity contribution is 0.0728. The zero-order valence-electron chi connectivity index (χ0n) is 11.0. The van der Waals surface area contributed by atoms with Crippen LogP contribution in [0.3, 0.4) is 0 Å². The van der Waals surface area contributed by atoms with E-state index in [9.17, 15) is 4.79 Å². The molecule has 2 aromatic rings. The molecule has 0 saturated carbocycles. The molecule has 3 rings (SSSR count). The van der Waals surface area contributed by atoms with E-state index < -0.39 is 0 Å². The summed E-state index contributed by atoms with van der Waals surface area (Å²) in [6, 6.07) is 14.1. The Kier molecular flexibility index (Phi) is 3.83. The smallest absolute Gasteiger partial charge is 0.274 e. The first kappa shape index (κ1) is 13.3. The summed E-state index contributed by atoms with van der Waals surface area (Å²) in [6.45, 7) is 0.793. The molecule has 1 aliphatic rings. The predicted octanol–water partition coefficient (Wildman–Crippen LogP) is 3.82. The molecule has 20 heavy (non-hydrogen) atoms. The Bertz CT molecular complexity index is 615. The molecule has 0 radical (unpaired) electrons. The van der Waals surface area contributed by atoms with Crippen molar-refractivity contribution in [3.63, 3.8) is 0 Å². The minimum atomic E-state index is 0.00354. The van der Waals surface area contributed by atoms with Gasteiger partial charge in [0, 0.05) is 17.2 Å². The average Bonchev–Trinajstić information content (AvgIpc) is 2.97. The molecule has 0 bridgehead atoms. The molecule has 1 aromatic carbocycles. The Morgan fingerprint density at radius 2 is 2.00 bits per heavy atom. The molecule has 1 amide bonds. The fourth-order valence-electron chi connectivity index (χ4n) is 2.71. The van der Waals surface area contributed by atoms with E-state index in [1.807, 2.05) is 35.2 Å². The van der Waals surface area contributed by atoms with Crippen molar-refractivity contribution in [3.8, 4) is 0 Å². The van der Waals surface area contributed by atoms with E-state index in [1.165, 1.54) is 5.56 Å². The second kappa shape index (κ2) is 5.75. The van der Waals surface area contributed by atoms with E-state index >= 15 is 0 Å². The van der Waals surface area contributed by atoms with Crippen LogP contribution < -0.4 is 0 Å². The fourth-order valence-corrected chi connectivity index (χ4v) is 3.14. The van der Waals surface area contributed by atoms with Crippen LogP contribution >= 0.6 is 15.9 Å². The quantitative estimate of drug-likeness (QED) is 0.838. The molecular weight excluding hydrogens is 316 g/mol. The number of carbonyl (C=O) groups is 1. The lowest BCUT2D eigenvalue weighted by atomic mass is 10.0. The van der Waals surface area contributed by atoms with Crippen molar-refractivity contribution in [2.45, 2.75) is 18.9 Å². The van der Waals surface area contributed by atoms with E-state index in [0.29, 0.717) is 5.69 Å². The zero-order chi connectivity index (χ0) is 13.9. The molecule has 2 heterocycles. The third-order valence-corrected chi connectivity index (χ3v) is 4.30. The normalized spacial score (nSPS) is 18.2. The van der Waals surface area contributed by atoms with Gasteiger partial charge in [0.1, 0.15) is 5.69 Å². The molecule has 1 atom stereocenters. The molecule has 102 valence electrons. The summed E-state index contributed by atoms with van der Waals surface area (Å²) in [4.78, 5) is 18.8. The number of rotatable bonds is 2. The fraction of sp³-hybridized carbons (Fsp3) is 0.250. The van der Waals surface area contributed by atoms with Crippen molar-refractivity contribution in [3.05, 3.63) is 64.4 Å². The summed E-state index contributed by atoms with van der Waals surface area (Å²) in [5.41, 5.74) is 1.70. The molecule has 0 N–H and O–H groups in total. The summed E-state index contributed by atoms with van der Waals surface area (Å²) in [6.07, 6.45) is 3.71. The highest BCUT2D eigenvalue weighted by molar-refractivity contribution is 9.10. The van der Waals surface area contributed by atoms with Gasteiger partial charge in [0.25, 0.3) is 5.91 Å². The molecule has 1 aromatic heterocycles. The van der Waals surface area contributed by atoms with Gasteiger partial charge in [-0.05, 0) is 46.5 Å². The minimum absolute atomic E-state index is 0.00354. The van der Waals surface area contributed by atoms with Crippen LogP contribution in [0.15, 0.2) is 53.1 Å². The van der Waals surface area contributed by atoms with Crippen LogP contribution in [0, 0.1) is 0 Å². The van der Waals surface area contributed by atoms with Crippen LogP contribution in [0.1, 0.15) is 34.9 Å². The summed E-state index contributed by atoms with van der Waals surface area (Å²) in [5, 5.41) is 0. The molecule has 0 aliphatic carbocycles. The Labute approximate surface area is 126 Å². The minimum Gasteiger partial charge on any atom is -0.330 e. The van der Waals surface area contributed by atoms with Crippen LogP contribution in [-0.4, -0.2) is 22.3 Å². The van der Waals surface area contributed by atoms with Crippen LogP contribution in [0.4, 0.5) is 0 Å². The number of pyridine rings is 1. The van der Waals surface area contributed by atoms with Crippen molar-refractivity contribution in [2.75, 3.05) is 6.54 Å². The molecule has 4 heteroatoms. The van der Waals surface area contributed by atoms with Gasteiger partial charge in [-0.1, -0.05) is 30.3 Å². The summed E-state index contributed by atoms with van der Waals surface area (Å²) in [7, 11) is 0. The Hall–Kier alpha value is -1.68. The van der Waals surface area contributed by atoms with E-state index in [0.717, 1.165) is 23.9 Å². The molecule has 1 unspecified atom stereocenters. The van der Waals surface area contributed by atoms with E-state index in [-0.39, 0.29) is 11.9 Å². The summed E-state index contributed by atoms with van der Waals surface area (Å²) < 4.78 is 0.753. The summed E-state index contributed by atoms with van der Waals surface area (Å²) >= 11 is 3.41. The van der Waals surface area contributed by atoms with Gasteiger partial charge < -0.3 is 4.90 Å². The van der Waals surface area contributed by atoms with E-state index in [1.54, 1.807) is 6.20 Å². The largest absolute Gasteiger partial charge is 0.330 e. The average molecular weight is 331 g/mol. The number of halogens is 1. The maximum atomic E-state index is 12.7. The summed E-state index contributed by atoms with van der Waals surface area (Å²) in [5.74, 6) is 0.00354. The number of hydrogen-bond donors (Lipinski definition) is 0. The topological polar surface area (TPSA) is 33.2 Å². The molecule has 1 fully saturated rings. The number of benzene rings is 1. The highest BCUT2D eigenvalue weighted by Gasteiger charge is 2.31. The molecule has 1 saturated heterocycles. The first-order chi connectivity index (χ1) is 9.77. The van der Waals surface area contributed by atoms with Gasteiger partial charge in [-0.3, -0.25) is 4.79 Å². The molecule has 1 aliphatic heterocycles. The van der Waals surface area contributed by atoms with Crippen LogP contribution in [0.25, 0.3) is 0 Å². The number of hydrogen-bond acceptors (Lipinski definition) is 2. The van der Waals surface area contributed by atoms with Crippen molar-refractivity contribution in [1.29, 1.82) is 0 Å². The Morgan fingerprint density at radius 3 is 2.75 bits per heavy atom. The van der Waals surface area contributed by atoms with Gasteiger partial charge in [0.05, 0.1) is 6.04 Å². The monoisotopic (exact) mass is 330 g/mol. The Morgan fingerprint density at radius 1 is 1.20 bits per heavy atom. The van der Waals surface area contributed by atoms with Gasteiger partial charge in [-0.15, -0.1) is 0 Å². The lowest BCUT2D eigenvalue weighted by Gasteiger charge is -2.25. The third kappa shape index (κ3) is 2.48. The zero-order valence-corrected chi connectivity index (χ0v) is 12.6.